The van der Waals surface area contributed by atoms with Gasteiger partial charge in [-0.05, 0) is 6.42 Å². The lowest BCUT2D eigenvalue weighted by atomic mass is 9.96. The molecule has 1 heterocycles. The standard InChI is InChI=1S/C27H52O10/c1-2-3-4-5-6-7-8-9-10-11-26(31)36-19-18-33-21-25(35-17-14-30)27-23(20-32-15-12-28)24(22-37-27)34-16-13-29/h23-25,27-30H,2-22H2,1H3. The Kier molecular flexibility index (Phi) is 22.4. The summed E-state index contributed by atoms with van der Waals surface area (Å²) in [5.74, 6) is -0.400. The smallest absolute Gasteiger partial charge is 0.305 e. The van der Waals surface area contributed by atoms with E-state index in [4.69, 9.17) is 38.6 Å². The van der Waals surface area contributed by atoms with E-state index < -0.39 is 12.2 Å². The summed E-state index contributed by atoms with van der Waals surface area (Å²) in [5, 5.41) is 27.4. The number of aliphatic hydroxyl groups is 3. The minimum absolute atomic E-state index is 0.0915. The van der Waals surface area contributed by atoms with Crippen LogP contribution in [0, 0.1) is 5.92 Å². The first-order valence-corrected chi connectivity index (χ1v) is 14.2. The zero-order valence-corrected chi connectivity index (χ0v) is 22.9. The highest BCUT2D eigenvalue weighted by Gasteiger charge is 2.43. The van der Waals surface area contributed by atoms with Gasteiger partial charge >= 0.3 is 5.97 Å². The molecule has 1 fully saturated rings. The van der Waals surface area contributed by atoms with E-state index in [9.17, 15) is 9.90 Å². The van der Waals surface area contributed by atoms with Gasteiger partial charge in [-0.3, -0.25) is 4.79 Å². The second-order valence-electron chi connectivity index (χ2n) is 9.40. The predicted octanol–water partition coefficient (Wildman–Crippen LogP) is 2.25. The van der Waals surface area contributed by atoms with Gasteiger partial charge < -0.3 is 43.7 Å². The molecular weight excluding hydrogens is 484 g/mol. The van der Waals surface area contributed by atoms with Crippen LogP contribution in [0.15, 0.2) is 0 Å². The number of aliphatic hydroxyl groups excluding tert-OH is 3. The Labute approximate surface area is 222 Å². The van der Waals surface area contributed by atoms with Crippen LogP contribution in [0.3, 0.4) is 0 Å². The Morgan fingerprint density at radius 3 is 2.19 bits per heavy atom. The minimum atomic E-state index is -0.490. The molecule has 0 bridgehead atoms. The van der Waals surface area contributed by atoms with Gasteiger partial charge in [0.1, 0.15) is 12.7 Å². The topological polar surface area (TPSA) is 133 Å². The molecule has 10 heteroatoms. The van der Waals surface area contributed by atoms with E-state index in [2.05, 4.69) is 6.92 Å². The van der Waals surface area contributed by atoms with Gasteiger partial charge in [0.25, 0.3) is 0 Å². The van der Waals surface area contributed by atoms with Crippen molar-refractivity contribution >= 4 is 5.97 Å². The van der Waals surface area contributed by atoms with Crippen molar-refractivity contribution < 1.29 is 48.5 Å². The maximum absolute atomic E-state index is 12.0. The van der Waals surface area contributed by atoms with Gasteiger partial charge in [0, 0.05) is 12.3 Å². The first-order chi connectivity index (χ1) is 18.2. The van der Waals surface area contributed by atoms with E-state index in [0.29, 0.717) is 13.0 Å². The molecule has 0 radical (unpaired) electrons. The zero-order chi connectivity index (χ0) is 27.0. The number of rotatable bonds is 26. The lowest BCUT2D eigenvalue weighted by molar-refractivity contribution is -0.147. The Bertz CT molecular complexity index is 521. The SMILES string of the molecule is CCCCCCCCCCCC(=O)OCCOCC(OCCO)C1OCC(OCCO)C1COCCO. The molecule has 0 saturated carbocycles. The van der Waals surface area contributed by atoms with Crippen LogP contribution in [0.1, 0.15) is 71.1 Å². The van der Waals surface area contributed by atoms with E-state index in [1.165, 1.54) is 44.9 Å². The van der Waals surface area contributed by atoms with Crippen LogP contribution in [0.25, 0.3) is 0 Å². The normalized spacial score (nSPS) is 20.4. The Balaban J connectivity index is 2.30. The number of carbonyl (C=O) groups is 1. The second kappa shape index (κ2) is 24.2. The van der Waals surface area contributed by atoms with Crippen LogP contribution in [0.5, 0.6) is 0 Å². The third-order valence-electron chi connectivity index (χ3n) is 6.37. The average molecular weight is 537 g/mol. The molecule has 220 valence electrons. The summed E-state index contributed by atoms with van der Waals surface area (Å²) in [4.78, 5) is 12.0. The number of unbranched alkanes of at least 4 members (excludes halogenated alkanes) is 8. The van der Waals surface area contributed by atoms with E-state index in [1.54, 1.807) is 0 Å². The van der Waals surface area contributed by atoms with E-state index in [-0.39, 0.29) is 84.1 Å². The van der Waals surface area contributed by atoms with E-state index in [1.807, 2.05) is 0 Å². The molecule has 1 saturated heterocycles. The molecule has 0 spiro atoms. The molecule has 0 aromatic carbocycles. The lowest BCUT2D eigenvalue weighted by Gasteiger charge is -2.29. The van der Waals surface area contributed by atoms with Crippen molar-refractivity contribution in [2.45, 2.75) is 89.4 Å². The van der Waals surface area contributed by atoms with Crippen molar-refractivity contribution in [3.63, 3.8) is 0 Å². The highest BCUT2D eigenvalue weighted by molar-refractivity contribution is 5.69. The van der Waals surface area contributed by atoms with Crippen molar-refractivity contribution in [2.75, 3.05) is 72.7 Å². The molecule has 1 rings (SSSR count). The quantitative estimate of drug-likeness (QED) is 0.112. The van der Waals surface area contributed by atoms with Crippen LogP contribution in [0.2, 0.25) is 0 Å². The summed E-state index contributed by atoms with van der Waals surface area (Å²) in [6.07, 6.45) is 10.0. The monoisotopic (exact) mass is 536 g/mol. The van der Waals surface area contributed by atoms with Gasteiger partial charge in [0.15, 0.2) is 0 Å². The minimum Gasteiger partial charge on any atom is -0.463 e. The maximum atomic E-state index is 12.0. The van der Waals surface area contributed by atoms with Crippen molar-refractivity contribution in [1.82, 2.24) is 0 Å². The van der Waals surface area contributed by atoms with Gasteiger partial charge in [0.05, 0.1) is 78.3 Å². The Morgan fingerprint density at radius 2 is 1.51 bits per heavy atom. The highest BCUT2D eigenvalue weighted by Crippen LogP contribution is 2.28. The molecule has 0 aromatic heterocycles. The fourth-order valence-corrected chi connectivity index (χ4v) is 4.42. The molecule has 4 atom stereocenters. The fourth-order valence-electron chi connectivity index (χ4n) is 4.42. The van der Waals surface area contributed by atoms with Gasteiger partial charge in [-0.1, -0.05) is 58.3 Å². The first-order valence-electron chi connectivity index (χ1n) is 14.2. The number of hydrogen-bond donors (Lipinski definition) is 3. The van der Waals surface area contributed by atoms with Crippen molar-refractivity contribution in [1.29, 1.82) is 0 Å². The highest BCUT2D eigenvalue weighted by atomic mass is 16.6. The Hall–Kier alpha value is -0.850. The molecule has 10 nitrogen and oxygen atoms in total. The number of ether oxygens (including phenoxy) is 6. The molecule has 0 aliphatic carbocycles. The number of carbonyl (C=O) groups excluding carboxylic acids is 1. The Morgan fingerprint density at radius 1 is 0.838 bits per heavy atom. The lowest BCUT2D eigenvalue weighted by Crippen LogP contribution is -2.42. The molecule has 0 amide bonds. The average Bonchev–Trinajstić information content (AvgIpc) is 3.30. The first kappa shape index (κ1) is 34.2. The molecule has 1 aliphatic heterocycles. The van der Waals surface area contributed by atoms with Crippen LogP contribution in [-0.2, 0) is 33.2 Å². The summed E-state index contributed by atoms with van der Waals surface area (Å²) < 4.78 is 34.0. The molecule has 0 aromatic rings. The summed E-state index contributed by atoms with van der Waals surface area (Å²) in [5.41, 5.74) is 0. The van der Waals surface area contributed by atoms with Crippen LogP contribution >= 0.6 is 0 Å². The summed E-state index contributed by atoms with van der Waals surface area (Å²) in [6, 6.07) is 0. The molecule has 4 unspecified atom stereocenters. The van der Waals surface area contributed by atoms with Gasteiger partial charge in [-0.25, -0.2) is 0 Å². The summed E-state index contributed by atoms with van der Waals surface area (Å²) >= 11 is 0. The van der Waals surface area contributed by atoms with Gasteiger partial charge in [0.2, 0.25) is 0 Å². The van der Waals surface area contributed by atoms with E-state index in [0.717, 1.165) is 12.8 Å². The van der Waals surface area contributed by atoms with Crippen molar-refractivity contribution in [2.24, 2.45) is 5.92 Å². The molecule has 1 aliphatic rings. The zero-order valence-electron chi connectivity index (χ0n) is 22.9. The van der Waals surface area contributed by atoms with Crippen molar-refractivity contribution in [3.05, 3.63) is 0 Å². The largest absolute Gasteiger partial charge is 0.463 e. The van der Waals surface area contributed by atoms with Crippen molar-refractivity contribution in [3.8, 4) is 0 Å². The van der Waals surface area contributed by atoms with E-state index >= 15 is 0 Å². The molecule has 3 N–H and O–H groups in total. The molecule has 37 heavy (non-hydrogen) atoms. The van der Waals surface area contributed by atoms with Gasteiger partial charge in [-0.2, -0.15) is 0 Å². The summed E-state index contributed by atoms with van der Waals surface area (Å²) in [6.45, 7) is 3.56. The molecular formula is C27H52O10. The maximum Gasteiger partial charge on any atom is 0.305 e. The fraction of sp³-hybridized carbons (Fsp3) is 0.963. The van der Waals surface area contributed by atoms with Crippen LogP contribution in [0.4, 0.5) is 0 Å². The van der Waals surface area contributed by atoms with Gasteiger partial charge in [-0.15, -0.1) is 0 Å². The summed E-state index contributed by atoms with van der Waals surface area (Å²) in [7, 11) is 0. The van der Waals surface area contributed by atoms with Crippen LogP contribution in [-0.4, -0.2) is 112 Å². The van der Waals surface area contributed by atoms with Crippen LogP contribution < -0.4 is 0 Å². The number of esters is 1. The number of hydrogen-bond acceptors (Lipinski definition) is 10. The third kappa shape index (κ3) is 16.7. The third-order valence-corrected chi connectivity index (χ3v) is 6.37. The second-order valence-corrected chi connectivity index (χ2v) is 9.40. The predicted molar refractivity (Wildman–Crippen MR) is 138 cm³/mol.